The number of unbranched alkanes of at least 4 members (excludes halogenated alkanes) is 6. The molecule has 0 bridgehead atoms. The highest BCUT2D eigenvalue weighted by atomic mass is 32.2. The van der Waals surface area contributed by atoms with Crippen molar-refractivity contribution in [2.24, 2.45) is 0 Å². The van der Waals surface area contributed by atoms with Gasteiger partial charge in [0, 0.05) is 0 Å². The lowest BCUT2D eigenvalue weighted by Gasteiger charge is -2.13. The van der Waals surface area contributed by atoms with Crippen LogP contribution in [-0.2, 0) is 23.0 Å². The minimum Gasteiger partial charge on any atom is -0.282 e. The van der Waals surface area contributed by atoms with E-state index < -0.39 is 10.1 Å². The molecular formula is C22H32O3S. The maximum atomic E-state index is 11.8. The highest BCUT2D eigenvalue weighted by molar-refractivity contribution is 7.85. The van der Waals surface area contributed by atoms with Crippen molar-refractivity contribution in [3.05, 3.63) is 41.5 Å². The zero-order chi connectivity index (χ0) is 19.0. The third kappa shape index (κ3) is 5.82. The molecule has 0 saturated carbocycles. The molecule has 0 amide bonds. The fourth-order valence-electron chi connectivity index (χ4n) is 3.56. The van der Waals surface area contributed by atoms with Crippen molar-refractivity contribution >= 4 is 20.9 Å². The van der Waals surface area contributed by atoms with E-state index in [4.69, 9.17) is 0 Å². The minimum atomic E-state index is -4.20. The van der Waals surface area contributed by atoms with Gasteiger partial charge in [-0.05, 0) is 53.6 Å². The monoisotopic (exact) mass is 376 g/mol. The average molecular weight is 377 g/mol. The summed E-state index contributed by atoms with van der Waals surface area (Å²) in [6.07, 6.45) is 11.0. The molecule has 1 N–H and O–H groups in total. The summed E-state index contributed by atoms with van der Waals surface area (Å²) in [5.41, 5.74) is 2.06. The van der Waals surface area contributed by atoms with Crippen LogP contribution in [0.4, 0.5) is 0 Å². The molecule has 3 nitrogen and oxygen atoms in total. The SMILES string of the molecule is CCCCCCc1ccc2c(CCCCCC)c(S(=O)(=O)O)ccc2c1. The molecule has 0 aromatic heterocycles. The van der Waals surface area contributed by atoms with Gasteiger partial charge in [0.15, 0.2) is 0 Å². The lowest BCUT2D eigenvalue weighted by molar-refractivity contribution is 0.482. The van der Waals surface area contributed by atoms with E-state index in [2.05, 4.69) is 26.0 Å². The number of fused-ring (bicyclic) bond motifs is 1. The van der Waals surface area contributed by atoms with Crippen molar-refractivity contribution in [1.82, 2.24) is 0 Å². The molecule has 0 spiro atoms. The minimum absolute atomic E-state index is 0.0668. The molecule has 0 unspecified atom stereocenters. The predicted octanol–water partition coefficient (Wildman–Crippen LogP) is 6.33. The van der Waals surface area contributed by atoms with E-state index in [0.29, 0.717) is 6.42 Å². The summed E-state index contributed by atoms with van der Waals surface area (Å²) in [5.74, 6) is 0. The molecule has 0 aliphatic heterocycles. The van der Waals surface area contributed by atoms with Gasteiger partial charge in [-0.15, -0.1) is 0 Å². The number of hydrogen-bond donors (Lipinski definition) is 1. The average Bonchev–Trinajstić information content (AvgIpc) is 2.61. The van der Waals surface area contributed by atoms with Gasteiger partial charge in [0.25, 0.3) is 10.1 Å². The molecular weight excluding hydrogens is 344 g/mol. The quantitative estimate of drug-likeness (QED) is 0.368. The summed E-state index contributed by atoms with van der Waals surface area (Å²) in [5, 5.41) is 2.02. The Balaban J connectivity index is 2.30. The van der Waals surface area contributed by atoms with E-state index >= 15 is 0 Å². The zero-order valence-electron chi connectivity index (χ0n) is 16.1. The lowest BCUT2D eigenvalue weighted by Crippen LogP contribution is -2.04. The predicted molar refractivity (Wildman–Crippen MR) is 109 cm³/mol. The van der Waals surface area contributed by atoms with Crippen LogP contribution in [0.5, 0.6) is 0 Å². The molecule has 0 fully saturated rings. The first kappa shape index (κ1) is 20.9. The van der Waals surface area contributed by atoms with Crippen molar-refractivity contribution in [2.45, 2.75) is 83.0 Å². The first-order valence-corrected chi connectivity index (χ1v) is 11.4. The number of benzene rings is 2. The fourth-order valence-corrected chi connectivity index (χ4v) is 4.33. The van der Waals surface area contributed by atoms with Crippen LogP contribution in [0.1, 0.15) is 76.3 Å². The second-order valence-corrected chi connectivity index (χ2v) is 8.58. The van der Waals surface area contributed by atoms with Crippen molar-refractivity contribution in [3.8, 4) is 0 Å². The smallest absolute Gasteiger partial charge is 0.282 e. The Hall–Kier alpha value is -1.39. The van der Waals surface area contributed by atoms with Crippen LogP contribution in [0.25, 0.3) is 10.8 Å². The molecule has 0 atom stereocenters. The van der Waals surface area contributed by atoms with E-state index in [-0.39, 0.29) is 4.90 Å². The molecule has 2 aromatic rings. The van der Waals surface area contributed by atoms with Crippen LogP contribution in [-0.4, -0.2) is 13.0 Å². The first-order chi connectivity index (χ1) is 12.5. The summed E-state index contributed by atoms with van der Waals surface area (Å²) in [4.78, 5) is 0.0668. The molecule has 4 heteroatoms. The van der Waals surface area contributed by atoms with Crippen LogP contribution in [0.3, 0.4) is 0 Å². The van der Waals surface area contributed by atoms with Crippen LogP contribution >= 0.6 is 0 Å². The van der Waals surface area contributed by atoms with Crippen LogP contribution in [0.2, 0.25) is 0 Å². The van der Waals surface area contributed by atoms with Gasteiger partial charge >= 0.3 is 0 Å². The van der Waals surface area contributed by atoms with Crippen molar-refractivity contribution in [1.29, 1.82) is 0 Å². The summed E-state index contributed by atoms with van der Waals surface area (Å²) in [7, 11) is -4.20. The van der Waals surface area contributed by atoms with Crippen molar-refractivity contribution in [3.63, 3.8) is 0 Å². The van der Waals surface area contributed by atoms with Gasteiger partial charge in [0.05, 0.1) is 4.90 Å². The lowest BCUT2D eigenvalue weighted by atomic mass is 9.96. The zero-order valence-corrected chi connectivity index (χ0v) is 16.9. The van der Waals surface area contributed by atoms with E-state index in [1.54, 1.807) is 6.07 Å². The molecule has 0 saturated heterocycles. The Morgan fingerprint density at radius 2 is 1.46 bits per heavy atom. The summed E-state index contributed by atoms with van der Waals surface area (Å²) >= 11 is 0. The van der Waals surface area contributed by atoms with E-state index in [1.165, 1.54) is 31.2 Å². The normalized spacial score (nSPS) is 12.0. The molecule has 2 aromatic carbocycles. The molecule has 0 aliphatic rings. The highest BCUT2D eigenvalue weighted by Gasteiger charge is 2.17. The van der Waals surface area contributed by atoms with E-state index in [0.717, 1.165) is 48.4 Å². The molecule has 0 aliphatic carbocycles. The molecule has 0 radical (unpaired) electrons. The Morgan fingerprint density at radius 1 is 0.808 bits per heavy atom. The highest BCUT2D eigenvalue weighted by Crippen LogP contribution is 2.29. The summed E-state index contributed by atoms with van der Waals surface area (Å²) < 4.78 is 33.2. The van der Waals surface area contributed by atoms with Crippen LogP contribution in [0.15, 0.2) is 35.2 Å². The molecule has 26 heavy (non-hydrogen) atoms. The molecule has 2 rings (SSSR count). The van der Waals surface area contributed by atoms with Gasteiger partial charge < -0.3 is 0 Å². The number of hydrogen-bond acceptors (Lipinski definition) is 2. The van der Waals surface area contributed by atoms with Gasteiger partial charge in [0.2, 0.25) is 0 Å². The topological polar surface area (TPSA) is 54.4 Å². The van der Waals surface area contributed by atoms with E-state index in [1.807, 2.05) is 12.1 Å². The van der Waals surface area contributed by atoms with Gasteiger partial charge in [-0.2, -0.15) is 8.42 Å². The molecule has 144 valence electrons. The Morgan fingerprint density at radius 3 is 2.08 bits per heavy atom. The molecule has 0 heterocycles. The van der Waals surface area contributed by atoms with Gasteiger partial charge in [0.1, 0.15) is 0 Å². The van der Waals surface area contributed by atoms with Crippen LogP contribution < -0.4 is 0 Å². The largest absolute Gasteiger partial charge is 0.294 e. The van der Waals surface area contributed by atoms with Crippen molar-refractivity contribution in [2.75, 3.05) is 0 Å². The second kappa shape index (κ2) is 10.1. The third-order valence-corrected chi connectivity index (χ3v) is 5.97. The van der Waals surface area contributed by atoms with Gasteiger partial charge in [-0.1, -0.05) is 76.6 Å². The Bertz CT molecular complexity index is 809. The van der Waals surface area contributed by atoms with Crippen molar-refractivity contribution < 1.29 is 13.0 Å². The fraction of sp³-hybridized carbons (Fsp3) is 0.545. The Kier molecular flexibility index (Phi) is 8.11. The maximum absolute atomic E-state index is 11.8. The summed E-state index contributed by atoms with van der Waals surface area (Å²) in [6, 6.07) is 9.70. The van der Waals surface area contributed by atoms with Gasteiger partial charge in [-0.25, -0.2) is 0 Å². The van der Waals surface area contributed by atoms with Gasteiger partial charge in [-0.3, -0.25) is 4.55 Å². The number of aryl methyl sites for hydroxylation is 2. The Labute approximate surface area is 158 Å². The van der Waals surface area contributed by atoms with E-state index in [9.17, 15) is 13.0 Å². The maximum Gasteiger partial charge on any atom is 0.294 e. The van der Waals surface area contributed by atoms with Crippen LogP contribution in [0, 0.1) is 0 Å². The second-order valence-electron chi connectivity index (χ2n) is 7.19. The first-order valence-electron chi connectivity index (χ1n) is 9.99. The number of rotatable bonds is 11. The third-order valence-electron chi connectivity index (χ3n) is 5.03. The standard InChI is InChI=1S/C22H32O3S/c1-3-5-7-9-11-18-13-15-20-19(17-18)14-16-22(26(23,24)25)21(20)12-10-8-6-4-2/h13-17H,3-12H2,1-2H3,(H,23,24,25). The summed E-state index contributed by atoms with van der Waals surface area (Å²) in [6.45, 7) is 4.37.